The first-order valence-corrected chi connectivity index (χ1v) is 9.54. The number of benzene rings is 2. The number of aromatic nitrogens is 1. The lowest BCUT2D eigenvalue weighted by molar-refractivity contribution is -0.627. The molecule has 0 saturated heterocycles. The summed E-state index contributed by atoms with van der Waals surface area (Å²) in [6.07, 6.45) is 1.91. The van der Waals surface area contributed by atoms with Crippen molar-refractivity contribution in [3.8, 4) is 0 Å². The minimum Gasteiger partial charge on any atom is -0.378 e. The molecule has 1 aromatic heterocycles. The molecule has 1 aliphatic heterocycles. The number of nitrogens with zero attached hydrogens (tertiary/aromatic N) is 4. The quantitative estimate of drug-likeness (QED) is 0.517. The number of fused-ring (bicyclic) bond motifs is 1. The van der Waals surface area contributed by atoms with Crippen LogP contribution in [0.4, 0.5) is 10.8 Å². The topological polar surface area (TPSA) is 39.8 Å². The second-order valence-corrected chi connectivity index (χ2v) is 7.77. The molecule has 0 spiro atoms. The summed E-state index contributed by atoms with van der Waals surface area (Å²) in [5, 5.41) is 6.86. The van der Waals surface area contributed by atoms with Gasteiger partial charge in [0, 0.05) is 19.8 Å². The Morgan fingerprint density at radius 1 is 1.11 bits per heavy atom. The maximum absolute atomic E-state index is 13.1. The number of hydrazone groups is 1. The third kappa shape index (κ3) is 3.02. The highest BCUT2D eigenvalue weighted by atomic mass is 32.1. The van der Waals surface area contributed by atoms with E-state index in [1.165, 1.54) is 5.01 Å². The summed E-state index contributed by atoms with van der Waals surface area (Å²) in [5.41, 5.74) is 4.56. The van der Waals surface area contributed by atoms with Crippen molar-refractivity contribution in [3.63, 3.8) is 0 Å². The van der Waals surface area contributed by atoms with Gasteiger partial charge in [-0.25, -0.2) is 9.36 Å². The largest absolute Gasteiger partial charge is 0.378 e. The number of para-hydroxylation sites is 1. The first-order chi connectivity index (χ1) is 13.0. The summed E-state index contributed by atoms with van der Waals surface area (Å²) in [4.78, 5) is 15.1. The predicted molar refractivity (Wildman–Crippen MR) is 112 cm³/mol. The first kappa shape index (κ1) is 17.4. The van der Waals surface area contributed by atoms with Crippen molar-refractivity contribution < 1.29 is 9.36 Å². The van der Waals surface area contributed by atoms with E-state index in [2.05, 4.69) is 17.2 Å². The van der Waals surface area contributed by atoms with Gasteiger partial charge in [-0.05, 0) is 59.2 Å². The van der Waals surface area contributed by atoms with E-state index >= 15 is 0 Å². The highest BCUT2D eigenvalue weighted by molar-refractivity contribution is 7.21. The molecule has 2 aromatic carbocycles. The standard InChI is InChI=1S/C21H21N4OS/c1-14-17(13-15-9-11-16(12-10-15)23(2)3)20(26)25(22-14)21-24(4)18-7-5-6-8-19(18)27-21/h5-13H,1-4H3/q+1. The predicted octanol–water partition coefficient (Wildman–Crippen LogP) is 3.60. The number of hydrogen-bond acceptors (Lipinski definition) is 4. The van der Waals surface area contributed by atoms with E-state index < -0.39 is 0 Å². The number of hydrogen-bond donors (Lipinski definition) is 0. The van der Waals surface area contributed by atoms with E-state index in [-0.39, 0.29) is 5.91 Å². The van der Waals surface area contributed by atoms with Crippen LogP contribution < -0.4 is 14.5 Å². The fourth-order valence-electron chi connectivity index (χ4n) is 3.13. The van der Waals surface area contributed by atoms with Gasteiger partial charge in [0.15, 0.2) is 0 Å². The molecule has 27 heavy (non-hydrogen) atoms. The molecule has 1 aliphatic rings. The summed E-state index contributed by atoms with van der Waals surface area (Å²) in [5.74, 6) is -0.0913. The smallest absolute Gasteiger partial charge is 0.370 e. The van der Waals surface area contributed by atoms with Crippen LogP contribution in [0, 0.1) is 0 Å². The van der Waals surface area contributed by atoms with Gasteiger partial charge >= 0.3 is 11.0 Å². The van der Waals surface area contributed by atoms with Gasteiger partial charge in [0.25, 0.3) is 0 Å². The fraction of sp³-hybridized carbons (Fsp3) is 0.190. The van der Waals surface area contributed by atoms with E-state index in [4.69, 9.17) is 0 Å². The lowest BCUT2D eigenvalue weighted by Gasteiger charge is -2.11. The molecule has 136 valence electrons. The summed E-state index contributed by atoms with van der Waals surface area (Å²) in [7, 11) is 5.98. The van der Waals surface area contributed by atoms with Crippen LogP contribution in [0.2, 0.25) is 0 Å². The molecule has 1 amide bonds. The fourth-order valence-corrected chi connectivity index (χ4v) is 4.22. The van der Waals surface area contributed by atoms with Gasteiger partial charge in [-0.15, -0.1) is 0 Å². The second kappa shape index (κ2) is 6.63. The van der Waals surface area contributed by atoms with E-state index in [0.29, 0.717) is 5.57 Å². The molecule has 0 bridgehead atoms. The van der Waals surface area contributed by atoms with Crippen LogP contribution in [-0.4, -0.2) is 25.7 Å². The number of aryl methyl sites for hydroxylation is 1. The number of carbonyl (C=O) groups excluding carboxylic acids is 1. The average molecular weight is 377 g/mol. The zero-order valence-corrected chi connectivity index (χ0v) is 16.6. The van der Waals surface area contributed by atoms with E-state index in [9.17, 15) is 4.79 Å². The molecule has 2 heterocycles. The molecule has 6 heteroatoms. The van der Waals surface area contributed by atoms with Crippen molar-refractivity contribution in [1.82, 2.24) is 0 Å². The Morgan fingerprint density at radius 3 is 2.48 bits per heavy atom. The van der Waals surface area contributed by atoms with Gasteiger partial charge in [-0.1, -0.05) is 29.4 Å². The van der Waals surface area contributed by atoms with E-state index in [1.807, 2.05) is 80.0 Å². The van der Waals surface area contributed by atoms with Crippen molar-refractivity contribution in [2.45, 2.75) is 6.92 Å². The van der Waals surface area contributed by atoms with Crippen molar-refractivity contribution in [2.75, 3.05) is 24.0 Å². The van der Waals surface area contributed by atoms with Crippen molar-refractivity contribution in [3.05, 3.63) is 59.7 Å². The number of amides is 1. The lowest BCUT2D eigenvalue weighted by Crippen LogP contribution is -2.36. The molecule has 0 atom stereocenters. The minimum absolute atomic E-state index is 0.0913. The van der Waals surface area contributed by atoms with Crippen molar-refractivity contribution in [1.29, 1.82) is 0 Å². The third-order valence-electron chi connectivity index (χ3n) is 4.68. The van der Waals surface area contributed by atoms with Crippen LogP contribution >= 0.6 is 11.3 Å². The van der Waals surface area contributed by atoms with Crippen LogP contribution in [0.5, 0.6) is 0 Å². The second-order valence-electron chi connectivity index (χ2n) is 6.76. The van der Waals surface area contributed by atoms with Gasteiger partial charge in [-0.2, -0.15) is 0 Å². The van der Waals surface area contributed by atoms with Crippen molar-refractivity contribution in [2.24, 2.45) is 12.1 Å². The van der Waals surface area contributed by atoms with Gasteiger partial charge < -0.3 is 4.90 Å². The summed E-state index contributed by atoms with van der Waals surface area (Å²) < 4.78 is 3.15. The summed E-state index contributed by atoms with van der Waals surface area (Å²) in [6, 6.07) is 16.2. The van der Waals surface area contributed by atoms with E-state index in [0.717, 1.165) is 32.3 Å². The molecule has 3 aromatic rings. The number of anilines is 2. The highest BCUT2D eigenvalue weighted by Crippen LogP contribution is 2.31. The Balaban J connectivity index is 1.69. The monoisotopic (exact) mass is 377 g/mol. The zero-order chi connectivity index (χ0) is 19.1. The Kier molecular flexibility index (Phi) is 4.28. The number of carbonyl (C=O) groups is 1. The average Bonchev–Trinajstić information content (AvgIpc) is 3.14. The summed E-state index contributed by atoms with van der Waals surface area (Å²) in [6.45, 7) is 1.88. The van der Waals surface area contributed by atoms with Crippen LogP contribution in [0.3, 0.4) is 0 Å². The number of rotatable bonds is 3. The molecule has 0 saturated carbocycles. The van der Waals surface area contributed by atoms with Crippen LogP contribution in [0.1, 0.15) is 12.5 Å². The van der Waals surface area contributed by atoms with Crippen LogP contribution in [-0.2, 0) is 11.8 Å². The lowest BCUT2D eigenvalue weighted by atomic mass is 10.1. The molecule has 0 aliphatic carbocycles. The molecule has 0 unspecified atom stereocenters. The Bertz CT molecular complexity index is 1090. The van der Waals surface area contributed by atoms with Gasteiger partial charge in [0.1, 0.15) is 5.52 Å². The Morgan fingerprint density at radius 2 is 1.81 bits per heavy atom. The highest BCUT2D eigenvalue weighted by Gasteiger charge is 2.39. The van der Waals surface area contributed by atoms with Crippen LogP contribution in [0.15, 0.2) is 59.2 Å². The normalized spacial score (nSPS) is 15.7. The van der Waals surface area contributed by atoms with E-state index in [1.54, 1.807) is 11.3 Å². The summed E-state index contributed by atoms with van der Waals surface area (Å²) >= 11 is 1.57. The Labute approximate surface area is 162 Å². The number of thiazole rings is 1. The first-order valence-electron chi connectivity index (χ1n) is 8.72. The molecule has 0 radical (unpaired) electrons. The van der Waals surface area contributed by atoms with Gasteiger partial charge in [0.2, 0.25) is 0 Å². The van der Waals surface area contributed by atoms with Gasteiger partial charge in [-0.3, -0.25) is 0 Å². The van der Waals surface area contributed by atoms with Gasteiger partial charge in [0.05, 0.1) is 23.0 Å². The van der Waals surface area contributed by atoms with Crippen LogP contribution in [0.25, 0.3) is 16.3 Å². The minimum atomic E-state index is -0.0913. The molecular formula is C21H21N4OS+. The van der Waals surface area contributed by atoms with Crippen molar-refractivity contribution >= 4 is 50.1 Å². The molecule has 4 rings (SSSR count). The zero-order valence-electron chi connectivity index (χ0n) is 15.8. The Hall–Kier alpha value is -2.99. The maximum Gasteiger partial charge on any atom is 0.370 e. The molecule has 0 fully saturated rings. The third-order valence-corrected chi connectivity index (χ3v) is 5.87. The maximum atomic E-state index is 13.1. The SMILES string of the molecule is CC1=NN(c2sc3ccccc3[n+]2C)C(=O)C1=Cc1ccc(N(C)C)cc1. The molecule has 0 N–H and O–H groups in total. The molecular weight excluding hydrogens is 356 g/mol. The molecule has 5 nitrogen and oxygen atoms in total.